The first-order valence-electron chi connectivity index (χ1n) is 9.19. The van der Waals surface area contributed by atoms with Crippen LogP contribution in [0.3, 0.4) is 0 Å². The molecule has 1 atom stereocenters. The number of aromatic nitrogens is 1. The number of nitro groups is 1. The summed E-state index contributed by atoms with van der Waals surface area (Å²) in [4.78, 5) is 37.9. The molecule has 1 amide bonds. The highest BCUT2D eigenvalue weighted by Gasteiger charge is 2.24. The number of ether oxygens (including phenoxy) is 2. The third kappa shape index (κ3) is 4.75. The van der Waals surface area contributed by atoms with Gasteiger partial charge in [-0.25, -0.2) is 4.79 Å². The Morgan fingerprint density at radius 1 is 1.20 bits per heavy atom. The van der Waals surface area contributed by atoms with Crippen LogP contribution in [0.25, 0.3) is 10.9 Å². The number of nitrogens with one attached hydrogen (secondary N) is 2. The summed E-state index contributed by atoms with van der Waals surface area (Å²) in [6, 6.07) is 10.8. The normalized spacial score (nSPS) is 11.7. The molecule has 0 unspecified atom stereocenters. The molecule has 0 aliphatic heterocycles. The summed E-state index contributed by atoms with van der Waals surface area (Å²) in [6.07, 6.45) is 2.02. The van der Waals surface area contributed by atoms with Crippen molar-refractivity contribution in [1.29, 1.82) is 0 Å². The fourth-order valence-electron chi connectivity index (χ4n) is 3.20. The number of hydrogen-bond donors (Lipinski definition) is 2. The smallest absolute Gasteiger partial charge is 0.329 e. The number of nitrogens with zero attached hydrogens (tertiary/aromatic N) is 1. The molecule has 0 aliphatic carbocycles. The van der Waals surface area contributed by atoms with Crippen LogP contribution in [-0.2, 0) is 27.4 Å². The van der Waals surface area contributed by atoms with Gasteiger partial charge in [-0.3, -0.25) is 14.9 Å². The Balaban J connectivity index is 1.77. The molecule has 3 rings (SSSR count). The van der Waals surface area contributed by atoms with Crippen LogP contribution in [0, 0.1) is 10.1 Å². The maximum Gasteiger partial charge on any atom is 0.329 e. The van der Waals surface area contributed by atoms with E-state index in [-0.39, 0.29) is 24.6 Å². The van der Waals surface area contributed by atoms with Crippen LogP contribution in [0.4, 0.5) is 5.69 Å². The number of fused-ring (bicyclic) bond motifs is 1. The van der Waals surface area contributed by atoms with Crippen molar-refractivity contribution < 1.29 is 24.0 Å². The second-order valence-electron chi connectivity index (χ2n) is 6.68. The molecule has 2 N–H and O–H groups in total. The molecule has 0 saturated carbocycles. The van der Waals surface area contributed by atoms with E-state index in [2.05, 4.69) is 10.3 Å². The standard InChI is InChI=1S/C21H21N3O6/c1-13(25)23-19(10-14-11-22-18-6-4-3-5-17(14)18)21(26)30-12-15-9-16(24(27)28)7-8-20(15)29-2/h3-9,11,19,22H,10,12H2,1-2H3,(H,23,25)/t19-/m0/s1. The number of aromatic amines is 1. The first-order valence-corrected chi connectivity index (χ1v) is 9.19. The number of carbonyl (C=O) groups excluding carboxylic acids is 2. The summed E-state index contributed by atoms with van der Waals surface area (Å²) in [6.45, 7) is 1.09. The summed E-state index contributed by atoms with van der Waals surface area (Å²) in [7, 11) is 1.42. The molecule has 0 fully saturated rings. The number of nitro benzene ring substituents is 1. The zero-order chi connectivity index (χ0) is 21.7. The van der Waals surface area contributed by atoms with Gasteiger partial charge in [-0.15, -0.1) is 0 Å². The molecular weight excluding hydrogens is 390 g/mol. The number of para-hydroxylation sites is 1. The quantitative estimate of drug-likeness (QED) is 0.334. The molecular formula is C21H21N3O6. The van der Waals surface area contributed by atoms with E-state index in [1.807, 2.05) is 24.3 Å². The maximum absolute atomic E-state index is 12.7. The van der Waals surface area contributed by atoms with E-state index < -0.39 is 16.9 Å². The number of methoxy groups -OCH3 is 1. The molecule has 1 heterocycles. The number of hydrogen-bond acceptors (Lipinski definition) is 6. The van der Waals surface area contributed by atoms with Gasteiger partial charge < -0.3 is 19.8 Å². The van der Waals surface area contributed by atoms with Crippen LogP contribution in [0.5, 0.6) is 5.75 Å². The van der Waals surface area contributed by atoms with Crippen molar-refractivity contribution in [3.05, 3.63) is 69.9 Å². The van der Waals surface area contributed by atoms with Gasteiger partial charge >= 0.3 is 5.97 Å². The van der Waals surface area contributed by atoms with Crippen molar-refractivity contribution in [3.63, 3.8) is 0 Å². The molecule has 0 radical (unpaired) electrons. The largest absolute Gasteiger partial charge is 0.496 e. The summed E-state index contributed by atoms with van der Waals surface area (Å²) in [5.74, 6) is -0.658. The average molecular weight is 411 g/mol. The molecule has 30 heavy (non-hydrogen) atoms. The van der Waals surface area contributed by atoms with E-state index in [4.69, 9.17) is 9.47 Å². The van der Waals surface area contributed by atoms with E-state index >= 15 is 0 Å². The highest BCUT2D eigenvalue weighted by molar-refractivity contribution is 5.86. The highest BCUT2D eigenvalue weighted by atomic mass is 16.6. The third-order valence-electron chi connectivity index (χ3n) is 4.61. The van der Waals surface area contributed by atoms with Crippen LogP contribution in [0.1, 0.15) is 18.1 Å². The molecule has 156 valence electrons. The minimum Gasteiger partial charge on any atom is -0.496 e. The predicted octanol–water partition coefficient (Wildman–Crippen LogP) is 2.88. The molecule has 0 saturated heterocycles. The summed E-state index contributed by atoms with van der Waals surface area (Å²) >= 11 is 0. The van der Waals surface area contributed by atoms with Crippen molar-refractivity contribution in [1.82, 2.24) is 10.3 Å². The van der Waals surface area contributed by atoms with Gasteiger partial charge in [-0.2, -0.15) is 0 Å². The predicted molar refractivity (Wildman–Crippen MR) is 109 cm³/mol. The lowest BCUT2D eigenvalue weighted by Gasteiger charge is -2.17. The molecule has 3 aromatic rings. The van der Waals surface area contributed by atoms with Crippen molar-refractivity contribution in [3.8, 4) is 5.75 Å². The molecule has 1 aromatic heterocycles. The fourth-order valence-corrected chi connectivity index (χ4v) is 3.20. The Bertz CT molecular complexity index is 1090. The maximum atomic E-state index is 12.7. The van der Waals surface area contributed by atoms with Crippen LogP contribution >= 0.6 is 0 Å². The summed E-state index contributed by atoms with van der Waals surface area (Å²) in [5.41, 5.74) is 1.99. The number of carbonyl (C=O) groups is 2. The number of benzene rings is 2. The molecule has 0 aliphatic rings. The third-order valence-corrected chi connectivity index (χ3v) is 4.61. The lowest BCUT2D eigenvalue weighted by atomic mass is 10.0. The molecule has 2 aromatic carbocycles. The molecule has 0 spiro atoms. The Hall–Kier alpha value is -3.88. The van der Waals surface area contributed by atoms with Gasteiger partial charge in [0.05, 0.1) is 12.0 Å². The van der Waals surface area contributed by atoms with Crippen LogP contribution in [0.15, 0.2) is 48.7 Å². The Labute approximate surface area is 172 Å². The van der Waals surface area contributed by atoms with E-state index in [0.29, 0.717) is 11.3 Å². The Morgan fingerprint density at radius 3 is 2.67 bits per heavy atom. The monoisotopic (exact) mass is 411 g/mol. The zero-order valence-corrected chi connectivity index (χ0v) is 16.5. The minimum absolute atomic E-state index is 0.140. The van der Waals surface area contributed by atoms with Crippen molar-refractivity contribution in [2.45, 2.75) is 26.0 Å². The van der Waals surface area contributed by atoms with Gasteiger partial charge in [0.15, 0.2) is 0 Å². The van der Waals surface area contributed by atoms with Gasteiger partial charge in [0, 0.05) is 48.1 Å². The zero-order valence-electron chi connectivity index (χ0n) is 16.5. The van der Waals surface area contributed by atoms with Crippen molar-refractivity contribution in [2.24, 2.45) is 0 Å². The van der Waals surface area contributed by atoms with Gasteiger partial charge in [0.1, 0.15) is 18.4 Å². The van der Waals surface area contributed by atoms with Crippen LogP contribution < -0.4 is 10.1 Å². The van der Waals surface area contributed by atoms with E-state index in [9.17, 15) is 19.7 Å². The SMILES string of the molecule is COc1ccc([N+](=O)[O-])cc1COC(=O)[C@H](Cc1c[nH]c2ccccc12)NC(C)=O. The number of esters is 1. The lowest BCUT2D eigenvalue weighted by Crippen LogP contribution is -2.42. The average Bonchev–Trinajstić information content (AvgIpc) is 3.13. The lowest BCUT2D eigenvalue weighted by molar-refractivity contribution is -0.385. The van der Waals surface area contributed by atoms with Gasteiger partial charge in [0.25, 0.3) is 5.69 Å². The summed E-state index contributed by atoms with van der Waals surface area (Å²) < 4.78 is 10.5. The number of H-pyrrole nitrogens is 1. The number of non-ortho nitro benzene ring substituents is 1. The number of amides is 1. The van der Waals surface area contributed by atoms with Gasteiger partial charge in [-0.1, -0.05) is 18.2 Å². The first kappa shape index (κ1) is 20.8. The van der Waals surface area contributed by atoms with E-state index in [0.717, 1.165) is 16.5 Å². The number of rotatable bonds is 8. The first-order chi connectivity index (χ1) is 14.4. The second-order valence-corrected chi connectivity index (χ2v) is 6.68. The molecule has 0 bridgehead atoms. The van der Waals surface area contributed by atoms with Crippen molar-refractivity contribution in [2.75, 3.05) is 7.11 Å². The minimum atomic E-state index is -0.911. The van der Waals surface area contributed by atoms with E-state index in [1.165, 1.54) is 32.2 Å². The van der Waals surface area contributed by atoms with Crippen molar-refractivity contribution >= 4 is 28.5 Å². The topological polar surface area (TPSA) is 124 Å². The Kier molecular flexibility index (Phi) is 6.31. The fraction of sp³-hybridized carbons (Fsp3) is 0.238. The van der Waals surface area contributed by atoms with E-state index in [1.54, 1.807) is 6.20 Å². The van der Waals surface area contributed by atoms with Gasteiger partial charge in [0.2, 0.25) is 5.91 Å². The van der Waals surface area contributed by atoms with Gasteiger partial charge in [-0.05, 0) is 17.7 Å². The Morgan fingerprint density at radius 2 is 1.97 bits per heavy atom. The summed E-state index contributed by atoms with van der Waals surface area (Å²) in [5, 5.41) is 14.6. The molecule has 9 nitrogen and oxygen atoms in total. The second kappa shape index (κ2) is 9.08. The van der Waals surface area contributed by atoms with Crippen LogP contribution in [0.2, 0.25) is 0 Å². The van der Waals surface area contributed by atoms with Crippen LogP contribution in [-0.4, -0.2) is 34.9 Å². The molecule has 9 heteroatoms. The highest BCUT2D eigenvalue weighted by Crippen LogP contribution is 2.25.